The van der Waals surface area contributed by atoms with Crippen LogP contribution in [-0.4, -0.2) is 28.9 Å². The molecule has 1 N–H and O–H groups in total. The van der Waals surface area contributed by atoms with Crippen molar-refractivity contribution in [2.75, 3.05) is 6.61 Å². The number of nitrogens with zero attached hydrogens (tertiary/aromatic N) is 2. The summed E-state index contributed by atoms with van der Waals surface area (Å²) in [5.74, 6) is -0.548. The van der Waals surface area contributed by atoms with Gasteiger partial charge >= 0.3 is 0 Å². The van der Waals surface area contributed by atoms with Crippen molar-refractivity contribution >= 4 is 10.0 Å². The summed E-state index contributed by atoms with van der Waals surface area (Å²) in [4.78, 5) is 11.9. The predicted molar refractivity (Wildman–Crippen MR) is 74.2 cm³/mol. The van der Waals surface area contributed by atoms with Crippen molar-refractivity contribution in [2.45, 2.75) is 18.2 Å². The highest BCUT2D eigenvalue weighted by molar-refractivity contribution is 7.89. The summed E-state index contributed by atoms with van der Waals surface area (Å²) < 4.78 is 39.9. The number of aromatic nitrogens is 2. The normalized spacial score (nSPS) is 11.8. The van der Waals surface area contributed by atoms with Crippen LogP contribution in [0.3, 0.4) is 0 Å². The second-order valence-electron chi connectivity index (χ2n) is 4.57. The highest BCUT2D eigenvalue weighted by Crippen LogP contribution is 2.17. The highest BCUT2D eigenvalue weighted by atomic mass is 32.2. The van der Waals surface area contributed by atoms with Crippen LogP contribution >= 0.6 is 0 Å². The van der Waals surface area contributed by atoms with Gasteiger partial charge in [0.1, 0.15) is 5.82 Å². The Morgan fingerprint density at radius 1 is 1.24 bits per heavy atom. The number of hydrogen-bond acceptors (Lipinski definition) is 4. The van der Waals surface area contributed by atoms with Gasteiger partial charge in [-0.15, -0.1) is 0 Å². The van der Waals surface area contributed by atoms with Gasteiger partial charge < -0.3 is 5.11 Å². The number of aliphatic hydroxyl groups is 1. The first-order valence-electron chi connectivity index (χ1n) is 6.20. The Balaban J connectivity index is 2.69. The largest absolute Gasteiger partial charge is 0.396 e. The fourth-order valence-electron chi connectivity index (χ4n) is 2.22. The third-order valence-corrected chi connectivity index (χ3v) is 5.09. The summed E-state index contributed by atoms with van der Waals surface area (Å²) in [6, 6.07) is 4.36. The quantitative estimate of drug-likeness (QED) is 0.886. The summed E-state index contributed by atoms with van der Waals surface area (Å²) in [5.41, 5.74) is -0.00111. The van der Waals surface area contributed by atoms with Crippen molar-refractivity contribution in [3.8, 4) is 0 Å². The van der Waals surface area contributed by atoms with Crippen molar-refractivity contribution < 1.29 is 17.9 Å². The molecule has 2 rings (SSSR count). The van der Waals surface area contributed by atoms with E-state index in [4.69, 9.17) is 5.11 Å². The Morgan fingerprint density at radius 3 is 2.33 bits per heavy atom. The molecular formula is C13H15FN2O4S. The molecule has 0 spiro atoms. The first kappa shape index (κ1) is 15.5. The van der Waals surface area contributed by atoms with Crippen LogP contribution in [0.25, 0.3) is 0 Å². The molecule has 0 amide bonds. The maximum Gasteiger partial charge on any atom is 0.281 e. The molecule has 0 radical (unpaired) electrons. The topological polar surface area (TPSA) is 81.3 Å². The van der Waals surface area contributed by atoms with E-state index in [9.17, 15) is 17.6 Å². The van der Waals surface area contributed by atoms with Crippen LogP contribution in [0.15, 0.2) is 34.0 Å². The van der Waals surface area contributed by atoms with Gasteiger partial charge in [0, 0.05) is 25.6 Å². The van der Waals surface area contributed by atoms with Gasteiger partial charge in [0.25, 0.3) is 15.6 Å². The van der Waals surface area contributed by atoms with E-state index < -0.39 is 21.4 Å². The molecule has 114 valence electrons. The van der Waals surface area contributed by atoms with Crippen LogP contribution in [0, 0.1) is 12.7 Å². The SMILES string of the molecule is Cc1c(CCO)c(=O)n(C)n1S(=O)(=O)c1ccc(F)cc1. The molecule has 0 bridgehead atoms. The van der Waals surface area contributed by atoms with Crippen LogP contribution in [0.4, 0.5) is 4.39 Å². The molecule has 1 heterocycles. The average Bonchev–Trinajstić information content (AvgIpc) is 2.64. The van der Waals surface area contributed by atoms with Crippen LogP contribution in [0.2, 0.25) is 0 Å². The zero-order valence-corrected chi connectivity index (χ0v) is 12.4. The van der Waals surface area contributed by atoms with E-state index in [0.29, 0.717) is 0 Å². The first-order chi connectivity index (χ1) is 9.80. The molecule has 2 aromatic rings. The van der Waals surface area contributed by atoms with Crippen LogP contribution < -0.4 is 5.56 Å². The molecule has 0 saturated heterocycles. The van der Waals surface area contributed by atoms with Crippen LogP contribution in [0.1, 0.15) is 11.3 Å². The van der Waals surface area contributed by atoms with Gasteiger partial charge in [0.2, 0.25) is 0 Å². The zero-order chi connectivity index (χ0) is 15.8. The maximum atomic E-state index is 12.9. The molecule has 0 aliphatic carbocycles. The smallest absolute Gasteiger partial charge is 0.281 e. The fraction of sp³-hybridized carbons (Fsp3) is 0.308. The molecule has 1 aromatic carbocycles. The molecule has 8 heteroatoms. The van der Waals surface area contributed by atoms with Crippen molar-refractivity contribution in [2.24, 2.45) is 7.05 Å². The van der Waals surface area contributed by atoms with E-state index in [1.807, 2.05) is 0 Å². The number of rotatable bonds is 4. The van der Waals surface area contributed by atoms with E-state index in [0.717, 1.165) is 33.0 Å². The molecule has 0 unspecified atom stereocenters. The predicted octanol–water partition coefficient (Wildman–Crippen LogP) is 0.406. The molecule has 0 aliphatic rings. The lowest BCUT2D eigenvalue weighted by molar-refractivity contribution is 0.299. The van der Waals surface area contributed by atoms with E-state index >= 15 is 0 Å². The van der Waals surface area contributed by atoms with Crippen LogP contribution in [0.5, 0.6) is 0 Å². The van der Waals surface area contributed by atoms with Crippen LogP contribution in [-0.2, 0) is 23.5 Å². The number of benzene rings is 1. The standard InChI is InChI=1S/C13H15FN2O4S/c1-9-12(7-8-17)13(18)15(2)16(9)21(19,20)11-5-3-10(14)4-6-11/h3-6,17H,7-8H2,1-2H3. The Hall–Kier alpha value is -1.93. The highest BCUT2D eigenvalue weighted by Gasteiger charge is 2.25. The third kappa shape index (κ3) is 2.52. The Kier molecular flexibility index (Phi) is 4.02. The summed E-state index contributed by atoms with van der Waals surface area (Å²) >= 11 is 0. The van der Waals surface area contributed by atoms with Gasteiger partial charge in [-0.3, -0.25) is 4.79 Å². The second kappa shape index (κ2) is 5.45. The van der Waals surface area contributed by atoms with Crippen molar-refractivity contribution in [1.29, 1.82) is 0 Å². The molecule has 6 nitrogen and oxygen atoms in total. The van der Waals surface area contributed by atoms with Gasteiger partial charge in [-0.2, -0.15) is 12.5 Å². The summed E-state index contributed by atoms with van der Waals surface area (Å²) in [5, 5.41) is 8.97. The summed E-state index contributed by atoms with van der Waals surface area (Å²) in [6.07, 6.45) is 0.0739. The van der Waals surface area contributed by atoms with Gasteiger partial charge in [-0.05, 0) is 31.2 Å². The van der Waals surface area contributed by atoms with E-state index in [1.165, 1.54) is 14.0 Å². The lowest BCUT2D eigenvalue weighted by Crippen LogP contribution is -2.26. The lowest BCUT2D eigenvalue weighted by Gasteiger charge is -2.11. The minimum atomic E-state index is -4.01. The maximum absolute atomic E-state index is 12.9. The minimum Gasteiger partial charge on any atom is -0.396 e. The minimum absolute atomic E-state index is 0.0739. The van der Waals surface area contributed by atoms with Crippen molar-refractivity contribution in [3.63, 3.8) is 0 Å². The first-order valence-corrected chi connectivity index (χ1v) is 7.64. The Labute approximate surface area is 121 Å². The number of aliphatic hydroxyl groups excluding tert-OH is 1. The molecule has 1 aromatic heterocycles. The monoisotopic (exact) mass is 314 g/mol. The molecule has 21 heavy (non-hydrogen) atoms. The van der Waals surface area contributed by atoms with E-state index in [1.54, 1.807) is 0 Å². The van der Waals surface area contributed by atoms with E-state index in [-0.39, 0.29) is 29.2 Å². The lowest BCUT2D eigenvalue weighted by atomic mass is 10.2. The Morgan fingerprint density at radius 2 is 1.81 bits per heavy atom. The van der Waals surface area contributed by atoms with Crippen molar-refractivity contribution in [1.82, 2.24) is 8.77 Å². The summed E-state index contributed by atoms with van der Waals surface area (Å²) in [7, 11) is -2.68. The molecular weight excluding hydrogens is 299 g/mol. The number of hydrogen-bond donors (Lipinski definition) is 1. The van der Waals surface area contributed by atoms with Gasteiger partial charge in [-0.25, -0.2) is 9.07 Å². The average molecular weight is 314 g/mol. The molecule has 0 aliphatic heterocycles. The third-order valence-electron chi connectivity index (χ3n) is 3.25. The summed E-state index contributed by atoms with van der Waals surface area (Å²) in [6.45, 7) is 1.24. The zero-order valence-electron chi connectivity index (χ0n) is 11.6. The van der Waals surface area contributed by atoms with Gasteiger partial charge in [0.15, 0.2) is 0 Å². The fourth-order valence-corrected chi connectivity index (χ4v) is 3.77. The molecule has 0 saturated carbocycles. The Bertz CT molecular complexity index is 819. The number of halogens is 1. The van der Waals surface area contributed by atoms with Gasteiger partial charge in [0.05, 0.1) is 10.6 Å². The van der Waals surface area contributed by atoms with Crippen molar-refractivity contribution in [3.05, 3.63) is 51.7 Å². The van der Waals surface area contributed by atoms with E-state index in [2.05, 4.69) is 0 Å². The second-order valence-corrected chi connectivity index (χ2v) is 6.34. The molecule has 0 fully saturated rings. The molecule has 0 atom stereocenters. The van der Waals surface area contributed by atoms with Gasteiger partial charge in [-0.1, -0.05) is 0 Å².